The molecule has 0 aliphatic heterocycles. The van der Waals surface area contributed by atoms with Crippen molar-refractivity contribution in [2.24, 2.45) is 0 Å². The number of imidazole rings is 1. The average Bonchev–Trinajstić information content (AvgIpc) is 3.10. The van der Waals surface area contributed by atoms with Crippen LogP contribution in [0.25, 0.3) is 16.7 Å². The zero-order chi connectivity index (χ0) is 20.9. The summed E-state index contributed by atoms with van der Waals surface area (Å²) in [6.45, 7) is 7.05. The van der Waals surface area contributed by atoms with Crippen LogP contribution in [-0.4, -0.2) is 41.9 Å². The van der Waals surface area contributed by atoms with Gasteiger partial charge in [-0.2, -0.15) is 0 Å². The normalized spacial score (nSPS) is 12.2. The van der Waals surface area contributed by atoms with Crippen molar-refractivity contribution in [2.75, 3.05) is 19.0 Å². The van der Waals surface area contributed by atoms with Crippen molar-refractivity contribution >= 4 is 44.3 Å². The fraction of sp³-hybridized carbons (Fsp3) is 0.560. The SMILES string of the molecule is CCC[CH2][Sn]([CH2]CCC)([CH2]CCC)[c]1ccn2c(c1)nc1cc(N(C)C)ccc12. The third-order valence-corrected chi connectivity index (χ3v) is 22.1. The minimum atomic E-state index is -2.41. The van der Waals surface area contributed by atoms with Crippen molar-refractivity contribution in [1.82, 2.24) is 9.38 Å². The standard InChI is InChI=1S/C13H12N3.3C4H9.Sn/c1-15(2)10-6-7-12-11(9-10)14-13-5-3-4-8-16(12)13;3*1-3-4-2;/h4-9H,1-2H3;3*1,3-4H2,2H3;. The van der Waals surface area contributed by atoms with Gasteiger partial charge in [0.15, 0.2) is 0 Å². The van der Waals surface area contributed by atoms with E-state index in [1.165, 1.54) is 63.0 Å². The van der Waals surface area contributed by atoms with E-state index in [2.05, 4.69) is 80.7 Å². The monoisotopic (exact) mass is 501 g/mol. The van der Waals surface area contributed by atoms with E-state index in [1.807, 2.05) is 0 Å². The topological polar surface area (TPSA) is 20.5 Å². The molecule has 2 heterocycles. The first-order chi connectivity index (χ1) is 14.0. The van der Waals surface area contributed by atoms with Crippen LogP contribution in [0.5, 0.6) is 0 Å². The van der Waals surface area contributed by atoms with Crippen LogP contribution in [-0.2, 0) is 0 Å². The maximum atomic E-state index is 5.04. The van der Waals surface area contributed by atoms with E-state index >= 15 is 0 Å². The molecule has 0 spiro atoms. The number of rotatable bonds is 11. The molecule has 0 amide bonds. The molecule has 0 atom stereocenters. The van der Waals surface area contributed by atoms with Crippen molar-refractivity contribution in [3.8, 4) is 0 Å². The van der Waals surface area contributed by atoms with Gasteiger partial charge in [0.2, 0.25) is 0 Å². The Morgan fingerprint density at radius 2 is 1.48 bits per heavy atom. The summed E-state index contributed by atoms with van der Waals surface area (Å²) >= 11 is -2.41. The number of hydrogen-bond donors (Lipinski definition) is 0. The number of unbranched alkanes of at least 4 members (excludes halogenated alkanes) is 3. The summed E-state index contributed by atoms with van der Waals surface area (Å²) in [4.78, 5) is 7.19. The first-order valence-electron chi connectivity index (χ1n) is 11.6. The maximum absolute atomic E-state index is 5.04. The quantitative estimate of drug-likeness (QED) is 0.276. The molecule has 0 saturated carbocycles. The fourth-order valence-electron chi connectivity index (χ4n) is 4.67. The summed E-state index contributed by atoms with van der Waals surface area (Å²) in [5, 5.41) is 0. The second kappa shape index (κ2) is 10.2. The summed E-state index contributed by atoms with van der Waals surface area (Å²) in [5.41, 5.74) is 4.67. The van der Waals surface area contributed by atoms with Crippen molar-refractivity contribution in [3.63, 3.8) is 0 Å². The number of hydrogen-bond acceptors (Lipinski definition) is 2. The molecule has 158 valence electrons. The summed E-state index contributed by atoms with van der Waals surface area (Å²) < 4.78 is 8.52. The van der Waals surface area contributed by atoms with Gasteiger partial charge in [-0.05, 0) is 0 Å². The van der Waals surface area contributed by atoms with E-state index in [4.69, 9.17) is 4.98 Å². The van der Waals surface area contributed by atoms with Crippen LogP contribution in [0.3, 0.4) is 0 Å². The molecule has 0 saturated heterocycles. The van der Waals surface area contributed by atoms with Gasteiger partial charge in [0.25, 0.3) is 0 Å². The molecule has 0 fully saturated rings. The Hall–Kier alpha value is -1.23. The van der Waals surface area contributed by atoms with E-state index in [-0.39, 0.29) is 0 Å². The van der Waals surface area contributed by atoms with E-state index in [9.17, 15) is 0 Å². The van der Waals surface area contributed by atoms with Crippen LogP contribution in [0.4, 0.5) is 5.69 Å². The number of nitrogens with zero attached hydrogens (tertiary/aromatic N) is 3. The predicted molar refractivity (Wildman–Crippen MR) is 132 cm³/mol. The Bertz CT molecular complexity index is 907. The third-order valence-electron chi connectivity index (χ3n) is 6.54. The van der Waals surface area contributed by atoms with Crippen LogP contribution >= 0.6 is 0 Å². The summed E-state index contributed by atoms with van der Waals surface area (Å²) in [5.74, 6) is 0. The van der Waals surface area contributed by atoms with Crippen LogP contribution in [0.1, 0.15) is 59.3 Å². The van der Waals surface area contributed by atoms with Crippen molar-refractivity contribution in [1.29, 1.82) is 0 Å². The third kappa shape index (κ3) is 4.92. The van der Waals surface area contributed by atoms with Crippen LogP contribution in [0.15, 0.2) is 36.5 Å². The van der Waals surface area contributed by atoms with E-state index in [1.54, 1.807) is 3.58 Å². The molecule has 2 aromatic heterocycles. The minimum absolute atomic E-state index is 1.10. The Morgan fingerprint density at radius 3 is 2.03 bits per heavy atom. The van der Waals surface area contributed by atoms with Gasteiger partial charge in [0, 0.05) is 0 Å². The van der Waals surface area contributed by atoms with E-state index in [0.29, 0.717) is 0 Å². The van der Waals surface area contributed by atoms with Gasteiger partial charge in [-0.15, -0.1) is 0 Å². The number of fused-ring (bicyclic) bond motifs is 3. The molecule has 1 aromatic carbocycles. The van der Waals surface area contributed by atoms with Crippen LogP contribution in [0, 0.1) is 0 Å². The fourth-order valence-corrected chi connectivity index (χ4v) is 20.6. The van der Waals surface area contributed by atoms with Crippen LogP contribution < -0.4 is 8.48 Å². The van der Waals surface area contributed by atoms with Gasteiger partial charge >= 0.3 is 182 Å². The van der Waals surface area contributed by atoms with Gasteiger partial charge in [0.05, 0.1) is 0 Å². The summed E-state index contributed by atoms with van der Waals surface area (Å²) in [6.07, 6.45) is 10.5. The van der Waals surface area contributed by atoms with Gasteiger partial charge in [-0.1, -0.05) is 0 Å². The number of aromatic nitrogens is 2. The molecule has 3 rings (SSSR count). The Morgan fingerprint density at radius 1 is 0.862 bits per heavy atom. The number of anilines is 1. The van der Waals surface area contributed by atoms with Gasteiger partial charge in [-0.25, -0.2) is 0 Å². The number of benzene rings is 1. The molecule has 4 heteroatoms. The van der Waals surface area contributed by atoms with Crippen molar-refractivity contribution in [3.05, 3.63) is 36.5 Å². The van der Waals surface area contributed by atoms with E-state index in [0.717, 1.165) is 11.2 Å². The average molecular weight is 500 g/mol. The molecule has 0 N–H and O–H groups in total. The van der Waals surface area contributed by atoms with Gasteiger partial charge < -0.3 is 0 Å². The molecular weight excluding hydrogens is 461 g/mol. The molecule has 3 aromatic rings. The molecule has 0 unspecified atom stereocenters. The zero-order valence-corrected chi connectivity index (χ0v) is 22.0. The first kappa shape index (κ1) is 22.5. The van der Waals surface area contributed by atoms with Gasteiger partial charge in [-0.3, -0.25) is 0 Å². The Kier molecular flexibility index (Phi) is 7.89. The summed E-state index contributed by atoms with van der Waals surface area (Å²) in [7, 11) is 4.18. The Labute approximate surface area is 181 Å². The molecular formula is C25H39N3Sn. The zero-order valence-electron chi connectivity index (χ0n) is 19.2. The molecule has 0 aliphatic carbocycles. The predicted octanol–water partition coefficient (Wildman–Crippen LogP) is 6.61. The molecule has 0 radical (unpaired) electrons. The van der Waals surface area contributed by atoms with E-state index < -0.39 is 18.4 Å². The molecule has 3 nitrogen and oxygen atoms in total. The molecule has 29 heavy (non-hydrogen) atoms. The second-order valence-corrected chi connectivity index (χ2v) is 22.2. The van der Waals surface area contributed by atoms with Crippen molar-refractivity contribution < 1.29 is 0 Å². The first-order valence-corrected chi connectivity index (χ1v) is 19.1. The van der Waals surface area contributed by atoms with Crippen LogP contribution in [0.2, 0.25) is 13.3 Å². The summed E-state index contributed by atoms with van der Waals surface area (Å²) in [6, 6.07) is 11.6. The molecule has 0 bridgehead atoms. The second-order valence-electron chi connectivity index (χ2n) is 8.91. The van der Waals surface area contributed by atoms with Gasteiger partial charge in [0.1, 0.15) is 0 Å². The molecule has 0 aliphatic rings. The van der Waals surface area contributed by atoms with Crippen molar-refractivity contribution in [2.45, 2.75) is 72.6 Å². The number of pyridine rings is 1. The Balaban J connectivity index is 2.08.